The van der Waals surface area contributed by atoms with Crippen LogP contribution in [-0.2, 0) is 10.2 Å². The Bertz CT molecular complexity index is 868. The first kappa shape index (κ1) is 18.5. The van der Waals surface area contributed by atoms with Crippen molar-refractivity contribution in [1.29, 1.82) is 0 Å². The Hall–Kier alpha value is -1.33. The molecule has 1 unspecified atom stereocenters. The molecule has 3 rings (SSSR count). The maximum atomic E-state index is 14.5. The summed E-state index contributed by atoms with van der Waals surface area (Å²) in [5.74, 6) is 0. The number of nitrogens with one attached hydrogen (secondary N) is 2. The number of hydrogen-bond donors (Lipinski definition) is 3. The minimum absolute atomic E-state index is 0.123. The monoisotopic (exact) mass is 394 g/mol. The summed E-state index contributed by atoms with van der Waals surface area (Å²) >= 11 is 5.89. The predicted octanol–water partition coefficient (Wildman–Crippen LogP) is 2.16. The third kappa shape index (κ3) is 3.77. The Kier molecular flexibility index (Phi) is 5.00. The van der Waals surface area contributed by atoms with Crippen LogP contribution in [0.2, 0.25) is 5.02 Å². The summed E-state index contributed by atoms with van der Waals surface area (Å²) in [6.45, 7) is 0.340. The second-order valence-corrected chi connectivity index (χ2v) is 8.03. The lowest BCUT2D eigenvalue weighted by molar-refractivity contribution is -0.119. The van der Waals surface area contributed by atoms with Crippen molar-refractivity contribution < 1.29 is 22.3 Å². The van der Waals surface area contributed by atoms with E-state index in [-0.39, 0.29) is 29.2 Å². The van der Waals surface area contributed by atoms with Crippen molar-refractivity contribution in [3.63, 3.8) is 0 Å². The molecule has 1 fully saturated rings. The summed E-state index contributed by atoms with van der Waals surface area (Å²) in [5, 5.41) is 16.9. The Morgan fingerprint density at radius 1 is 1.32 bits per heavy atom. The summed E-state index contributed by atoms with van der Waals surface area (Å²) in [6, 6.07) is -1.48. The molecule has 0 bridgehead atoms. The Morgan fingerprint density at radius 3 is 2.68 bits per heavy atom. The summed E-state index contributed by atoms with van der Waals surface area (Å²) in [5.41, 5.74) is -0.0833. The first-order valence-electron chi connectivity index (χ1n) is 7.68. The summed E-state index contributed by atoms with van der Waals surface area (Å²) in [6.07, 6.45) is 1.00. The molecule has 0 saturated carbocycles. The van der Waals surface area contributed by atoms with Crippen molar-refractivity contribution in [2.24, 2.45) is 0 Å². The highest BCUT2D eigenvalue weighted by Gasteiger charge is 2.45. The van der Waals surface area contributed by atoms with E-state index in [1.807, 2.05) is 0 Å². The van der Waals surface area contributed by atoms with Crippen molar-refractivity contribution >= 4 is 32.7 Å². The van der Waals surface area contributed by atoms with Crippen molar-refractivity contribution in [2.75, 3.05) is 13.1 Å². The molecule has 1 aromatic heterocycles. The molecule has 0 amide bonds. The van der Waals surface area contributed by atoms with Crippen LogP contribution >= 0.6 is 11.6 Å². The molecule has 0 spiro atoms. The number of rotatable bonds is 5. The Morgan fingerprint density at radius 2 is 2.00 bits per heavy atom. The van der Waals surface area contributed by atoms with Crippen LogP contribution in [0.3, 0.4) is 0 Å². The van der Waals surface area contributed by atoms with Crippen LogP contribution in [-0.4, -0.2) is 47.2 Å². The fourth-order valence-corrected chi connectivity index (χ4v) is 4.41. The molecule has 0 aliphatic carbocycles. The van der Waals surface area contributed by atoms with Crippen molar-refractivity contribution in [2.45, 2.75) is 31.4 Å². The van der Waals surface area contributed by atoms with Crippen molar-refractivity contribution in [3.05, 3.63) is 28.9 Å². The average molecular weight is 395 g/mol. The molecule has 1 aromatic carbocycles. The maximum absolute atomic E-state index is 14.5. The third-order valence-electron chi connectivity index (χ3n) is 4.10. The number of alkyl halides is 2. The van der Waals surface area contributed by atoms with E-state index < -0.39 is 22.4 Å². The molecule has 0 radical (unpaired) electrons. The zero-order valence-electron chi connectivity index (χ0n) is 13.0. The van der Waals surface area contributed by atoms with Crippen LogP contribution in [0.15, 0.2) is 18.3 Å². The molecule has 1 saturated heterocycles. The van der Waals surface area contributed by atoms with Gasteiger partial charge in [-0.3, -0.25) is 5.10 Å². The standard InChI is InChI=1S/C14H17ClF2N4O3S/c15-10-6-9-8-18-19-12(9)11(7-10)13(22)14(16,17)20-25(23,24)21-4-2-1-3-5-21/h6-8,13,20,22H,1-5H2,(H,18,19). The van der Waals surface area contributed by atoms with Gasteiger partial charge in [0.1, 0.15) is 0 Å². The maximum Gasteiger partial charge on any atom is 0.345 e. The van der Waals surface area contributed by atoms with Crippen LogP contribution in [0.4, 0.5) is 8.78 Å². The van der Waals surface area contributed by atoms with Crippen LogP contribution in [0.1, 0.15) is 30.9 Å². The van der Waals surface area contributed by atoms with Gasteiger partial charge in [-0.15, -0.1) is 4.72 Å². The second-order valence-electron chi connectivity index (χ2n) is 5.92. The lowest BCUT2D eigenvalue weighted by Crippen LogP contribution is -2.52. The molecule has 11 heteroatoms. The first-order valence-corrected chi connectivity index (χ1v) is 9.50. The third-order valence-corrected chi connectivity index (χ3v) is 5.90. The molecular formula is C14H17ClF2N4O3S. The summed E-state index contributed by atoms with van der Waals surface area (Å²) in [4.78, 5) is 0. The van der Waals surface area contributed by atoms with E-state index in [0.29, 0.717) is 18.2 Å². The molecule has 25 heavy (non-hydrogen) atoms. The quantitative estimate of drug-likeness (QED) is 0.677. The van der Waals surface area contributed by atoms with Gasteiger partial charge < -0.3 is 5.11 Å². The minimum Gasteiger partial charge on any atom is -0.380 e. The van der Waals surface area contributed by atoms with E-state index in [9.17, 15) is 22.3 Å². The zero-order valence-corrected chi connectivity index (χ0v) is 14.6. The van der Waals surface area contributed by atoms with E-state index in [0.717, 1.165) is 16.8 Å². The summed E-state index contributed by atoms with van der Waals surface area (Å²) < 4.78 is 55.6. The van der Waals surface area contributed by atoms with E-state index in [4.69, 9.17) is 11.6 Å². The molecule has 7 nitrogen and oxygen atoms in total. The van der Waals surface area contributed by atoms with Gasteiger partial charge in [0.2, 0.25) is 0 Å². The van der Waals surface area contributed by atoms with Gasteiger partial charge in [-0.2, -0.15) is 26.6 Å². The van der Waals surface area contributed by atoms with Gasteiger partial charge in [-0.25, -0.2) is 0 Å². The molecule has 1 aliphatic heterocycles. The van der Waals surface area contributed by atoms with Gasteiger partial charge in [0.25, 0.3) is 10.2 Å². The number of fused-ring (bicyclic) bond motifs is 1. The molecule has 3 N–H and O–H groups in total. The first-order chi connectivity index (χ1) is 11.7. The number of aromatic amines is 1. The van der Waals surface area contributed by atoms with Gasteiger partial charge in [0, 0.05) is 29.1 Å². The number of aromatic nitrogens is 2. The van der Waals surface area contributed by atoms with Crippen LogP contribution in [0, 0.1) is 0 Å². The highest BCUT2D eigenvalue weighted by molar-refractivity contribution is 7.87. The van der Waals surface area contributed by atoms with Gasteiger partial charge in [0.05, 0.1) is 11.7 Å². The topological polar surface area (TPSA) is 98.3 Å². The van der Waals surface area contributed by atoms with Gasteiger partial charge in [-0.1, -0.05) is 18.0 Å². The predicted molar refractivity (Wildman–Crippen MR) is 88.5 cm³/mol. The van der Waals surface area contributed by atoms with Gasteiger partial charge >= 0.3 is 6.05 Å². The largest absolute Gasteiger partial charge is 0.380 e. The van der Waals surface area contributed by atoms with E-state index in [1.54, 1.807) is 0 Å². The number of aliphatic hydroxyl groups excluding tert-OH is 1. The van der Waals surface area contributed by atoms with Crippen molar-refractivity contribution in [3.8, 4) is 0 Å². The van der Waals surface area contributed by atoms with E-state index in [2.05, 4.69) is 10.2 Å². The molecule has 1 atom stereocenters. The Balaban J connectivity index is 1.89. The van der Waals surface area contributed by atoms with Crippen LogP contribution in [0.25, 0.3) is 10.9 Å². The zero-order chi connectivity index (χ0) is 18.2. The molecule has 2 aromatic rings. The fraction of sp³-hybridized carbons (Fsp3) is 0.500. The number of halogens is 3. The smallest absolute Gasteiger partial charge is 0.345 e. The highest BCUT2D eigenvalue weighted by Crippen LogP contribution is 2.35. The van der Waals surface area contributed by atoms with Gasteiger partial charge in [-0.05, 0) is 25.0 Å². The molecule has 2 heterocycles. The minimum atomic E-state index is -4.43. The van der Waals surface area contributed by atoms with E-state index >= 15 is 0 Å². The normalized spacial score (nSPS) is 18.6. The lowest BCUT2D eigenvalue weighted by atomic mass is 10.1. The van der Waals surface area contributed by atoms with Crippen LogP contribution in [0.5, 0.6) is 0 Å². The number of hydrogen-bond acceptors (Lipinski definition) is 4. The molecule has 138 valence electrons. The Labute approximate surface area is 148 Å². The second kappa shape index (κ2) is 6.76. The number of benzene rings is 1. The van der Waals surface area contributed by atoms with Crippen molar-refractivity contribution in [1.82, 2.24) is 19.2 Å². The van der Waals surface area contributed by atoms with E-state index in [1.165, 1.54) is 17.0 Å². The number of nitrogens with zero attached hydrogens (tertiary/aromatic N) is 2. The highest BCUT2D eigenvalue weighted by atomic mass is 35.5. The van der Waals surface area contributed by atoms with Gasteiger partial charge in [0.15, 0.2) is 6.10 Å². The SMILES string of the molecule is O=S(=O)(NC(F)(F)C(O)c1cc(Cl)cc2cn[nH]c12)N1CCCCC1. The molecule has 1 aliphatic rings. The van der Waals surface area contributed by atoms with Crippen LogP contribution < -0.4 is 4.72 Å². The number of aliphatic hydroxyl groups is 1. The summed E-state index contributed by atoms with van der Waals surface area (Å²) in [7, 11) is -4.43. The fourth-order valence-electron chi connectivity index (χ4n) is 2.86. The average Bonchev–Trinajstić information content (AvgIpc) is 3.01. The number of H-pyrrole nitrogens is 1. The lowest BCUT2D eigenvalue weighted by Gasteiger charge is -2.30. The molecular weight excluding hydrogens is 378 g/mol. The number of piperidine rings is 1.